The van der Waals surface area contributed by atoms with Crippen LogP contribution in [0.15, 0.2) is 24.4 Å². The van der Waals surface area contributed by atoms with Crippen LogP contribution < -0.4 is 10.6 Å². The zero-order chi connectivity index (χ0) is 12.3. The fraction of sp³-hybridized carbons (Fsp3) is 0.500. The number of pyridine rings is 1. The van der Waals surface area contributed by atoms with Crippen LogP contribution in [0.4, 0.5) is 0 Å². The number of halogens is 2. The molecule has 4 nitrogen and oxygen atoms in total. The van der Waals surface area contributed by atoms with Crippen LogP contribution in [0.3, 0.4) is 0 Å². The van der Waals surface area contributed by atoms with Crippen molar-refractivity contribution in [1.82, 2.24) is 15.6 Å². The van der Waals surface area contributed by atoms with Crippen molar-refractivity contribution in [3.8, 4) is 0 Å². The molecule has 1 rings (SSSR count). The van der Waals surface area contributed by atoms with Crippen molar-refractivity contribution >= 4 is 42.5 Å². The van der Waals surface area contributed by atoms with Crippen molar-refractivity contribution < 1.29 is 4.79 Å². The average molecular weight is 326 g/mol. The SMILES string of the molecule is CCNCCNC(=O)CSCc1ccccn1.Cl.Cl. The minimum atomic E-state index is 0. The lowest BCUT2D eigenvalue weighted by Gasteiger charge is -2.05. The van der Waals surface area contributed by atoms with Crippen molar-refractivity contribution in [1.29, 1.82) is 0 Å². The highest BCUT2D eigenvalue weighted by Crippen LogP contribution is 2.08. The first-order chi connectivity index (χ1) is 8.33. The number of aromatic nitrogens is 1. The number of hydrogen-bond donors (Lipinski definition) is 2. The lowest BCUT2D eigenvalue weighted by Crippen LogP contribution is -2.32. The number of thioether (sulfide) groups is 1. The van der Waals surface area contributed by atoms with E-state index in [2.05, 4.69) is 15.6 Å². The van der Waals surface area contributed by atoms with Crippen molar-refractivity contribution in [3.63, 3.8) is 0 Å². The second-order valence-corrected chi connectivity index (χ2v) is 4.50. The predicted molar refractivity (Wildman–Crippen MR) is 86.4 cm³/mol. The number of hydrogen-bond acceptors (Lipinski definition) is 4. The predicted octanol–water partition coefficient (Wildman–Crippen LogP) is 1.88. The monoisotopic (exact) mass is 325 g/mol. The van der Waals surface area contributed by atoms with Gasteiger partial charge in [0.05, 0.1) is 11.4 Å². The van der Waals surface area contributed by atoms with Gasteiger partial charge in [0.1, 0.15) is 0 Å². The van der Waals surface area contributed by atoms with E-state index in [1.807, 2.05) is 25.1 Å². The zero-order valence-corrected chi connectivity index (χ0v) is 13.4. The molecule has 0 saturated carbocycles. The second kappa shape index (κ2) is 13.9. The Kier molecular flexibility index (Phi) is 15.3. The van der Waals surface area contributed by atoms with Gasteiger partial charge in [-0.15, -0.1) is 36.6 Å². The summed E-state index contributed by atoms with van der Waals surface area (Å²) in [6.07, 6.45) is 1.77. The Morgan fingerprint density at radius 3 is 2.74 bits per heavy atom. The maximum atomic E-state index is 11.4. The van der Waals surface area contributed by atoms with Crippen LogP contribution in [0.25, 0.3) is 0 Å². The number of carbonyl (C=O) groups excluding carboxylic acids is 1. The molecule has 110 valence electrons. The molecule has 0 aliphatic heterocycles. The first-order valence-corrected chi connectivity index (χ1v) is 6.93. The third-order valence-electron chi connectivity index (χ3n) is 2.08. The summed E-state index contributed by atoms with van der Waals surface area (Å²) < 4.78 is 0. The minimum absolute atomic E-state index is 0. The second-order valence-electron chi connectivity index (χ2n) is 3.52. The van der Waals surface area contributed by atoms with E-state index in [-0.39, 0.29) is 30.7 Å². The molecule has 0 spiro atoms. The first-order valence-electron chi connectivity index (χ1n) is 5.78. The van der Waals surface area contributed by atoms with Crippen LogP contribution in [0.1, 0.15) is 12.6 Å². The van der Waals surface area contributed by atoms with E-state index in [1.165, 1.54) is 0 Å². The van der Waals surface area contributed by atoms with Crippen LogP contribution >= 0.6 is 36.6 Å². The Morgan fingerprint density at radius 2 is 2.11 bits per heavy atom. The van der Waals surface area contributed by atoms with Crippen molar-refractivity contribution in [2.24, 2.45) is 0 Å². The number of rotatable bonds is 8. The van der Waals surface area contributed by atoms with Gasteiger partial charge in [0.25, 0.3) is 0 Å². The van der Waals surface area contributed by atoms with Gasteiger partial charge in [-0.2, -0.15) is 0 Å². The van der Waals surface area contributed by atoms with Gasteiger partial charge in [-0.25, -0.2) is 0 Å². The highest BCUT2D eigenvalue weighted by molar-refractivity contribution is 7.99. The molecule has 7 heteroatoms. The van der Waals surface area contributed by atoms with Gasteiger partial charge in [0.15, 0.2) is 0 Å². The van der Waals surface area contributed by atoms with Crippen molar-refractivity contribution in [3.05, 3.63) is 30.1 Å². The summed E-state index contributed by atoms with van der Waals surface area (Å²) in [6, 6.07) is 5.82. The summed E-state index contributed by atoms with van der Waals surface area (Å²) in [5.74, 6) is 1.35. The topological polar surface area (TPSA) is 54.0 Å². The summed E-state index contributed by atoms with van der Waals surface area (Å²) >= 11 is 1.58. The highest BCUT2D eigenvalue weighted by Gasteiger charge is 2.01. The van der Waals surface area contributed by atoms with Crippen LogP contribution in [0.5, 0.6) is 0 Å². The standard InChI is InChI=1S/C12H19N3OS.2ClH/c1-2-13-7-8-15-12(16)10-17-9-11-5-3-4-6-14-11;;/h3-6,13H,2,7-10H2,1H3,(H,15,16);2*1H. The van der Waals surface area contributed by atoms with Gasteiger partial charge in [-0.3, -0.25) is 9.78 Å². The number of nitrogens with one attached hydrogen (secondary N) is 2. The molecule has 0 radical (unpaired) electrons. The molecule has 0 aliphatic rings. The Morgan fingerprint density at radius 1 is 1.32 bits per heavy atom. The largest absolute Gasteiger partial charge is 0.354 e. The van der Waals surface area contributed by atoms with E-state index in [9.17, 15) is 4.79 Å². The molecule has 0 unspecified atom stereocenters. The van der Waals surface area contributed by atoms with Gasteiger partial charge in [-0.1, -0.05) is 13.0 Å². The number of nitrogens with zero attached hydrogens (tertiary/aromatic N) is 1. The molecule has 0 aliphatic carbocycles. The number of amides is 1. The maximum Gasteiger partial charge on any atom is 0.230 e. The molecule has 1 amide bonds. The van der Waals surface area contributed by atoms with E-state index < -0.39 is 0 Å². The lowest BCUT2D eigenvalue weighted by molar-refractivity contribution is -0.118. The molecule has 0 saturated heterocycles. The van der Waals surface area contributed by atoms with Crippen molar-refractivity contribution in [2.75, 3.05) is 25.4 Å². The Hall–Kier alpha value is -0.490. The Balaban J connectivity index is 0. The van der Waals surface area contributed by atoms with E-state index >= 15 is 0 Å². The average Bonchev–Trinajstić information content (AvgIpc) is 2.36. The smallest absolute Gasteiger partial charge is 0.230 e. The molecule has 0 fully saturated rings. The fourth-order valence-corrected chi connectivity index (χ4v) is 2.02. The van der Waals surface area contributed by atoms with Crippen LogP contribution in [-0.2, 0) is 10.5 Å². The quantitative estimate of drug-likeness (QED) is 0.716. The molecule has 0 bridgehead atoms. The fourth-order valence-electron chi connectivity index (χ4n) is 1.25. The maximum absolute atomic E-state index is 11.4. The summed E-state index contributed by atoms with van der Waals surface area (Å²) in [7, 11) is 0. The highest BCUT2D eigenvalue weighted by atomic mass is 35.5. The number of carbonyl (C=O) groups is 1. The van der Waals surface area contributed by atoms with Gasteiger partial charge < -0.3 is 10.6 Å². The molecule has 1 heterocycles. The van der Waals surface area contributed by atoms with Crippen LogP contribution in [0.2, 0.25) is 0 Å². The number of likely N-dealkylation sites (N-methyl/N-ethyl adjacent to an activating group) is 1. The molecule has 1 aromatic heterocycles. The normalized spacial score (nSPS) is 9.11. The van der Waals surface area contributed by atoms with Gasteiger partial charge in [-0.05, 0) is 18.7 Å². The van der Waals surface area contributed by atoms with E-state index in [1.54, 1.807) is 18.0 Å². The molecule has 2 N–H and O–H groups in total. The summed E-state index contributed by atoms with van der Waals surface area (Å²) in [6.45, 7) is 4.50. The zero-order valence-electron chi connectivity index (χ0n) is 10.9. The molecule has 0 atom stereocenters. The van der Waals surface area contributed by atoms with Crippen LogP contribution in [0, 0.1) is 0 Å². The minimum Gasteiger partial charge on any atom is -0.354 e. The summed E-state index contributed by atoms with van der Waals surface area (Å²) in [5, 5.41) is 6.02. The van der Waals surface area contributed by atoms with Gasteiger partial charge in [0.2, 0.25) is 5.91 Å². The van der Waals surface area contributed by atoms with Gasteiger partial charge in [0, 0.05) is 25.0 Å². The Bertz CT molecular complexity index is 328. The molecule has 19 heavy (non-hydrogen) atoms. The lowest BCUT2D eigenvalue weighted by atomic mass is 10.4. The van der Waals surface area contributed by atoms with Crippen LogP contribution in [-0.4, -0.2) is 36.3 Å². The van der Waals surface area contributed by atoms with Gasteiger partial charge >= 0.3 is 0 Å². The third-order valence-corrected chi connectivity index (χ3v) is 3.05. The van der Waals surface area contributed by atoms with E-state index in [0.29, 0.717) is 12.3 Å². The summed E-state index contributed by atoms with van der Waals surface area (Å²) in [4.78, 5) is 15.6. The Labute approximate surface area is 131 Å². The summed E-state index contributed by atoms with van der Waals surface area (Å²) in [5.41, 5.74) is 1.01. The van der Waals surface area contributed by atoms with E-state index in [0.717, 1.165) is 24.5 Å². The molecular formula is C12H21Cl2N3OS. The molecule has 0 aromatic carbocycles. The molecule has 1 aromatic rings. The third kappa shape index (κ3) is 11.1. The van der Waals surface area contributed by atoms with E-state index in [4.69, 9.17) is 0 Å². The first kappa shape index (κ1) is 20.8. The molecular weight excluding hydrogens is 305 g/mol. The van der Waals surface area contributed by atoms with Crippen molar-refractivity contribution in [2.45, 2.75) is 12.7 Å².